The molecule has 656 valence electrons. The fourth-order valence-corrected chi connectivity index (χ4v) is 27.9. The van der Waals surface area contributed by atoms with E-state index >= 15 is 0 Å². The van der Waals surface area contributed by atoms with Gasteiger partial charge in [-0.15, -0.1) is 0 Å². The van der Waals surface area contributed by atoms with Crippen LogP contribution < -0.4 is 24.5 Å². The summed E-state index contributed by atoms with van der Waals surface area (Å²) in [5.41, 5.74) is 26.1. The second kappa shape index (κ2) is 29.6. The van der Waals surface area contributed by atoms with Crippen molar-refractivity contribution < 1.29 is 22.1 Å². The molecule has 10 bridgehead atoms. The number of fused-ring (bicyclic) bond motifs is 30. The Morgan fingerprint density at radius 2 is 0.595 bits per heavy atom. The summed E-state index contributed by atoms with van der Waals surface area (Å²) in [4.78, 5) is 16.3. The van der Waals surface area contributed by atoms with Gasteiger partial charge < -0.3 is 46.6 Å². The topological polar surface area (TPSA) is 85.1 Å². The van der Waals surface area contributed by atoms with Crippen LogP contribution in [0.3, 0.4) is 0 Å². The van der Waals surface area contributed by atoms with E-state index in [1.54, 1.807) is 0 Å². The molecule has 0 radical (unpaired) electrons. The van der Waals surface area contributed by atoms with Gasteiger partial charge in [0.1, 0.15) is 55.8 Å². The van der Waals surface area contributed by atoms with Crippen LogP contribution in [0.1, 0.15) is 235 Å². The van der Waals surface area contributed by atoms with Crippen LogP contribution >= 0.6 is 0 Å². The fourth-order valence-electron chi connectivity index (χ4n) is 27.9. The average Bonchev–Trinajstić information content (AvgIpc) is 0.965. The number of hydrogen-bond donors (Lipinski definition) is 0. The molecule has 4 aliphatic carbocycles. The first-order valence-electron chi connectivity index (χ1n) is 48.5. The van der Waals surface area contributed by atoms with Gasteiger partial charge in [0.25, 0.3) is 0 Å². The van der Waals surface area contributed by atoms with Crippen LogP contribution in [0.25, 0.3) is 110 Å². The lowest BCUT2D eigenvalue weighted by atomic mass is 9.50. The molecule has 15 aliphatic rings. The zero-order valence-corrected chi connectivity index (χ0v) is 79.3. The van der Waals surface area contributed by atoms with E-state index in [0.29, 0.717) is 58.0 Å². The van der Waals surface area contributed by atoms with E-state index in [1.807, 2.05) is 24.3 Å². The predicted molar refractivity (Wildman–Crippen MR) is 530 cm³/mol. The fraction of sp³-hybridized carbons (Fsp3) is 0.478. The Hall–Kier alpha value is -9.84. The summed E-state index contributed by atoms with van der Waals surface area (Å²) in [6.45, 7) is 53.1. The van der Waals surface area contributed by atoms with Crippen LogP contribution in [-0.2, 0) is 0 Å². The van der Waals surface area contributed by atoms with Crippen LogP contribution in [0.2, 0.25) is 0 Å². The summed E-state index contributed by atoms with van der Waals surface area (Å²) in [6.07, 6.45) is 20.3. The van der Waals surface area contributed by atoms with Crippen molar-refractivity contribution in [3.63, 3.8) is 0 Å². The van der Waals surface area contributed by atoms with Crippen LogP contribution in [0.15, 0.2) is 204 Å². The monoisotopic (exact) mass is 1680 g/mol. The molecule has 11 aliphatic heterocycles. The molecule has 12 unspecified atom stereocenters. The van der Waals surface area contributed by atoms with Crippen molar-refractivity contribution in [1.82, 2.24) is 4.90 Å². The normalized spacial score (nSPS) is 32.4. The van der Waals surface area contributed by atoms with Gasteiger partial charge in [0.05, 0.1) is 6.17 Å². The summed E-state index contributed by atoms with van der Waals surface area (Å²) in [5, 5.41) is 12.4. The number of furan rings is 5. The minimum atomic E-state index is 0.217. The van der Waals surface area contributed by atoms with Gasteiger partial charge in [-0.25, -0.2) is 0 Å². The molecule has 126 heavy (non-hydrogen) atoms. The highest BCUT2D eigenvalue weighted by Crippen LogP contribution is 2.63. The van der Waals surface area contributed by atoms with Crippen LogP contribution in [0.4, 0.5) is 28.4 Å². The number of para-hydroxylation sites is 5. The first-order chi connectivity index (χ1) is 60.1. The van der Waals surface area contributed by atoms with Crippen molar-refractivity contribution in [2.75, 3.05) is 37.6 Å². The lowest BCUT2D eigenvalue weighted by Crippen LogP contribution is -2.72. The summed E-state index contributed by atoms with van der Waals surface area (Å²) in [5.74, 6) is 3.07. The van der Waals surface area contributed by atoms with Gasteiger partial charge in [0.15, 0.2) is 0 Å². The first kappa shape index (κ1) is 83.1. The average molecular weight is 1680 g/mol. The lowest BCUT2D eigenvalue weighted by molar-refractivity contribution is -0.0524. The summed E-state index contributed by atoms with van der Waals surface area (Å²) < 4.78 is 30.5. The molecule has 12 atom stereocenters. The molecular formula is C115H136N6O5. The van der Waals surface area contributed by atoms with Gasteiger partial charge in [-0.1, -0.05) is 133 Å². The number of piperidine rings is 9. The van der Waals surface area contributed by atoms with E-state index in [0.717, 1.165) is 73.6 Å². The molecule has 5 aromatic heterocycles. The maximum atomic E-state index is 6.13. The standard InChI is InChI=1S/C25H31NO.C24H29NO.C23H27NO.C22H25NO.C21H24N2O/c1-15-13-23-20(19-9-7-8-10-22(19)27-23)14-21(15)26-18(4)24(5)11-12-25(26,6)17(3)16(24)2;1-15-12-22-19(18-8-6-7-9-21(18)26-22)13-20(15)25-17(3)24(5)11-10-23(25,4)14-16(24)2;1-15-13-21-18(17-7-5-6-8-20(17)25-21)14-19(15)24-16(2)22(3)9-11-23(24,4)12-10-22;1-14-12-21-18(17-6-4-5-7-20(17)24-21)13-19(14)23-15(2)16-8-10-22(23,3)11-9-16;1-14-12-20-17(16-6-4-5-7-19(16)24-20)13-18(14)23-15(2)22-10-8-21(23,3)9-11-22/h7-10,13-14,16-18H,11-12H2,1-6H3;6-9,12-13,16-17H,10-11,14H2,1-5H3;5-8,13-14,16H,9-12H2,1-4H3;4-7,12-13,15-16H,8-11H2,1-3H3;4-7,12-13,15H,8-11H2,1-3H3. The SMILES string of the molecule is Cc1cc2oc3ccccc3c2cc1N1C(C)C2(C)CCC1(C)C(C)C2C.Cc1cc2oc3ccccc3c2cc1N1C(C)C2(C)CCC1(C)CC2.Cc1cc2oc3ccccc3c2cc1N1C(C)C2(C)CCC1(C)CC2C.Cc1cc2oc3ccccc3c2cc1N1C(C)C2CCC1(C)CC2.Cc1cc2oc3ccccc3c2cc1N1C(C)N2CCC1(C)CC2. The molecule has 0 spiro atoms. The van der Waals surface area contributed by atoms with Crippen LogP contribution in [0.5, 0.6) is 0 Å². The second-order valence-electron chi connectivity index (χ2n) is 44.0. The third-order valence-electron chi connectivity index (χ3n) is 37.2. The smallest absolute Gasteiger partial charge is 0.135 e. The molecular weight excluding hydrogens is 1550 g/mol. The second-order valence-corrected chi connectivity index (χ2v) is 44.0. The summed E-state index contributed by atoms with van der Waals surface area (Å²) in [6, 6.07) is 67.4. The Morgan fingerprint density at radius 3 is 0.968 bits per heavy atom. The Balaban J connectivity index is 0.0000000962. The third kappa shape index (κ3) is 12.6. The molecule has 11 heteroatoms. The molecule has 0 amide bonds. The van der Waals surface area contributed by atoms with Crippen LogP contribution in [0, 0.1) is 74.5 Å². The maximum Gasteiger partial charge on any atom is 0.135 e. The van der Waals surface area contributed by atoms with Crippen molar-refractivity contribution in [2.45, 2.75) is 300 Å². The quantitative estimate of drug-likeness (QED) is 0.165. The third-order valence-corrected chi connectivity index (χ3v) is 37.2. The number of rotatable bonds is 5. The molecule has 16 heterocycles. The Kier molecular flexibility index (Phi) is 19.5. The van der Waals surface area contributed by atoms with Gasteiger partial charge in [-0.05, 0) is 359 Å². The van der Waals surface area contributed by atoms with Crippen molar-refractivity contribution in [2.24, 2.45) is 39.9 Å². The minimum absolute atomic E-state index is 0.217. The van der Waals surface area contributed by atoms with Crippen LogP contribution in [-0.4, -0.2) is 76.0 Å². The maximum absolute atomic E-state index is 6.13. The highest BCUT2D eigenvalue weighted by atomic mass is 16.3. The highest BCUT2D eigenvalue weighted by Gasteiger charge is 2.62. The number of hydrogen-bond acceptors (Lipinski definition) is 11. The van der Waals surface area contributed by atoms with Crippen molar-refractivity contribution in [3.05, 3.63) is 210 Å². The van der Waals surface area contributed by atoms with Crippen molar-refractivity contribution in [3.8, 4) is 0 Å². The van der Waals surface area contributed by atoms with Gasteiger partial charge in [-0.2, -0.15) is 0 Å². The zero-order chi connectivity index (χ0) is 87.8. The lowest BCUT2D eigenvalue weighted by Gasteiger charge is -2.68. The summed E-state index contributed by atoms with van der Waals surface area (Å²) in [7, 11) is 0. The van der Waals surface area contributed by atoms with E-state index < -0.39 is 0 Å². The van der Waals surface area contributed by atoms with E-state index in [4.69, 9.17) is 22.1 Å². The highest BCUT2D eigenvalue weighted by molar-refractivity contribution is 6.11. The van der Waals surface area contributed by atoms with Crippen molar-refractivity contribution in [1.29, 1.82) is 0 Å². The number of anilines is 5. The number of aryl methyl sites for hydroxylation is 5. The first-order valence-corrected chi connectivity index (χ1v) is 48.5. The molecule has 15 fully saturated rings. The largest absolute Gasteiger partial charge is 0.456 e. The molecule has 11 saturated heterocycles. The van der Waals surface area contributed by atoms with Gasteiger partial charge in [0, 0.05) is 147 Å². The molecule has 15 aromatic rings. The number of benzene rings is 10. The Labute approximate surface area is 747 Å². The molecule has 0 N–H and O–H groups in total. The molecule has 30 rings (SSSR count). The van der Waals surface area contributed by atoms with E-state index in [9.17, 15) is 0 Å². The Bertz CT molecular complexity index is 6630. The number of nitrogens with zero attached hydrogens (tertiary/aromatic N) is 6. The zero-order valence-electron chi connectivity index (χ0n) is 79.3. The minimum Gasteiger partial charge on any atom is -0.456 e. The van der Waals surface area contributed by atoms with E-state index in [1.165, 1.54) is 220 Å². The molecule has 10 aromatic carbocycles. The molecule has 4 saturated carbocycles. The van der Waals surface area contributed by atoms with E-state index in [2.05, 4.69) is 333 Å². The summed E-state index contributed by atoms with van der Waals surface area (Å²) >= 11 is 0. The molecule has 11 nitrogen and oxygen atoms in total. The van der Waals surface area contributed by atoms with E-state index in [-0.39, 0.29) is 22.2 Å². The predicted octanol–water partition coefficient (Wildman–Crippen LogP) is 31.0. The van der Waals surface area contributed by atoms with Gasteiger partial charge in [0.2, 0.25) is 0 Å². The Morgan fingerprint density at radius 1 is 0.278 bits per heavy atom. The van der Waals surface area contributed by atoms with Crippen molar-refractivity contribution >= 4 is 138 Å². The van der Waals surface area contributed by atoms with Gasteiger partial charge >= 0.3 is 0 Å². The van der Waals surface area contributed by atoms with Gasteiger partial charge in [-0.3, -0.25) is 4.90 Å².